The van der Waals surface area contributed by atoms with Crippen LogP contribution in [-0.4, -0.2) is 22.7 Å². The number of amides is 1. The average molecular weight is 258 g/mol. The van der Waals surface area contributed by atoms with Crippen LogP contribution in [0.1, 0.15) is 26.5 Å². The molecule has 0 aliphatic carbocycles. The molecule has 0 aromatic carbocycles. The number of nitrogens with zero attached hydrogens (tertiary/aromatic N) is 1. The van der Waals surface area contributed by atoms with Gasteiger partial charge in [0.1, 0.15) is 0 Å². The first-order chi connectivity index (χ1) is 7.49. The summed E-state index contributed by atoms with van der Waals surface area (Å²) in [5.41, 5.74) is 1.02. The van der Waals surface area contributed by atoms with Gasteiger partial charge >= 0.3 is 0 Å². The van der Waals surface area contributed by atoms with Crippen LogP contribution in [0.4, 0.5) is 0 Å². The molecule has 1 aromatic heterocycles. The van der Waals surface area contributed by atoms with E-state index in [1.54, 1.807) is 11.3 Å². The molecule has 1 atom stereocenters. The van der Waals surface area contributed by atoms with E-state index in [9.17, 15) is 4.79 Å². The summed E-state index contributed by atoms with van der Waals surface area (Å²) in [5, 5.41) is 4.85. The van der Waals surface area contributed by atoms with Crippen molar-refractivity contribution in [2.75, 3.05) is 6.54 Å². The average Bonchev–Trinajstić information content (AvgIpc) is 2.60. The lowest BCUT2D eigenvalue weighted by Crippen LogP contribution is -2.33. The maximum absolute atomic E-state index is 11.7. The van der Waals surface area contributed by atoms with Gasteiger partial charge in [-0.2, -0.15) is 0 Å². The van der Waals surface area contributed by atoms with E-state index in [0.717, 1.165) is 16.6 Å². The predicted molar refractivity (Wildman–Crippen MR) is 70.0 cm³/mol. The molecule has 0 aliphatic rings. The Kier molecular flexibility index (Phi) is 5.28. The van der Waals surface area contributed by atoms with Crippen LogP contribution in [0.15, 0.2) is 9.72 Å². The van der Waals surface area contributed by atoms with E-state index < -0.39 is 0 Å². The number of thioether (sulfide) groups is 1. The Morgan fingerprint density at radius 3 is 2.75 bits per heavy atom. The van der Waals surface area contributed by atoms with Gasteiger partial charge in [-0.1, -0.05) is 25.6 Å². The van der Waals surface area contributed by atoms with Gasteiger partial charge in [-0.15, -0.1) is 11.3 Å². The van der Waals surface area contributed by atoms with Gasteiger partial charge < -0.3 is 5.32 Å². The van der Waals surface area contributed by atoms with Crippen molar-refractivity contribution >= 4 is 29.0 Å². The lowest BCUT2D eigenvalue weighted by Gasteiger charge is -2.11. The highest BCUT2D eigenvalue weighted by Crippen LogP contribution is 2.26. The molecule has 3 nitrogen and oxygen atoms in total. The van der Waals surface area contributed by atoms with E-state index in [0.29, 0.717) is 5.92 Å². The number of carbonyl (C=O) groups excluding carboxylic acids is 1. The third-order valence-electron chi connectivity index (χ3n) is 1.93. The highest BCUT2D eigenvalue weighted by atomic mass is 32.2. The van der Waals surface area contributed by atoms with Crippen LogP contribution < -0.4 is 5.32 Å². The number of nitrogens with one attached hydrogen (secondary N) is 1. The van der Waals surface area contributed by atoms with E-state index in [2.05, 4.69) is 24.1 Å². The minimum atomic E-state index is -0.0794. The number of aryl methyl sites for hydroxylation is 1. The predicted octanol–water partition coefficient (Wildman–Crippen LogP) is 2.70. The van der Waals surface area contributed by atoms with Crippen LogP contribution in [0, 0.1) is 12.8 Å². The maximum atomic E-state index is 11.7. The second kappa shape index (κ2) is 6.25. The summed E-state index contributed by atoms with van der Waals surface area (Å²) in [6.07, 6.45) is 0. The standard InChI is InChI=1S/C11H18N2OS2/c1-7(2)5-12-10(14)9(4)16-11-13-8(3)6-15-11/h6-7,9H,5H2,1-4H3,(H,12,14)/t9-/m1/s1. The molecule has 0 aliphatic heterocycles. The number of rotatable bonds is 5. The minimum Gasteiger partial charge on any atom is -0.355 e. The van der Waals surface area contributed by atoms with E-state index in [1.165, 1.54) is 11.8 Å². The van der Waals surface area contributed by atoms with Crippen molar-refractivity contribution in [3.63, 3.8) is 0 Å². The number of thiazole rings is 1. The van der Waals surface area contributed by atoms with Crippen LogP contribution in [0.5, 0.6) is 0 Å². The largest absolute Gasteiger partial charge is 0.355 e. The molecular formula is C11H18N2OS2. The molecule has 1 rings (SSSR count). The number of hydrogen-bond donors (Lipinski definition) is 1. The number of hydrogen-bond acceptors (Lipinski definition) is 4. The molecule has 0 saturated carbocycles. The molecule has 0 fully saturated rings. The smallest absolute Gasteiger partial charge is 0.233 e. The normalized spacial score (nSPS) is 12.8. The summed E-state index contributed by atoms with van der Waals surface area (Å²) in [6.45, 7) is 8.78. The number of aromatic nitrogens is 1. The molecule has 1 N–H and O–H groups in total. The first kappa shape index (κ1) is 13.5. The molecule has 0 saturated heterocycles. The first-order valence-corrected chi connectivity index (χ1v) is 7.11. The van der Waals surface area contributed by atoms with Crippen molar-refractivity contribution in [2.45, 2.75) is 37.3 Å². The van der Waals surface area contributed by atoms with Gasteiger partial charge in [-0.25, -0.2) is 4.98 Å². The summed E-state index contributed by atoms with van der Waals surface area (Å²) >= 11 is 3.11. The quantitative estimate of drug-likeness (QED) is 0.826. The summed E-state index contributed by atoms with van der Waals surface area (Å²) in [4.78, 5) is 16.0. The second-order valence-corrected chi connectivity index (χ2v) is 6.60. The van der Waals surface area contributed by atoms with Gasteiger partial charge in [0.05, 0.1) is 5.25 Å². The second-order valence-electron chi connectivity index (χ2n) is 4.15. The Morgan fingerprint density at radius 1 is 1.56 bits per heavy atom. The maximum Gasteiger partial charge on any atom is 0.233 e. The molecule has 0 bridgehead atoms. The van der Waals surface area contributed by atoms with Gasteiger partial charge in [0.2, 0.25) is 5.91 Å². The Bertz CT molecular complexity index is 350. The van der Waals surface area contributed by atoms with Crippen molar-refractivity contribution < 1.29 is 4.79 Å². The summed E-state index contributed by atoms with van der Waals surface area (Å²) < 4.78 is 0.963. The van der Waals surface area contributed by atoms with E-state index >= 15 is 0 Å². The molecule has 1 aromatic rings. The van der Waals surface area contributed by atoms with Crippen LogP contribution in [0.25, 0.3) is 0 Å². The Balaban J connectivity index is 2.39. The van der Waals surface area contributed by atoms with Gasteiger partial charge in [0.15, 0.2) is 4.34 Å². The van der Waals surface area contributed by atoms with E-state index in [1.807, 2.05) is 19.2 Å². The van der Waals surface area contributed by atoms with Gasteiger partial charge in [0.25, 0.3) is 0 Å². The van der Waals surface area contributed by atoms with Crippen molar-refractivity contribution in [3.8, 4) is 0 Å². The fourth-order valence-electron chi connectivity index (χ4n) is 1.04. The zero-order chi connectivity index (χ0) is 12.1. The Labute approximate surface area is 105 Å². The fourth-order valence-corrected chi connectivity index (χ4v) is 3.05. The lowest BCUT2D eigenvalue weighted by molar-refractivity contribution is -0.120. The molecule has 5 heteroatoms. The van der Waals surface area contributed by atoms with E-state index in [-0.39, 0.29) is 11.2 Å². The Morgan fingerprint density at radius 2 is 2.25 bits per heavy atom. The molecule has 1 heterocycles. The Hall–Kier alpha value is -0.550. The SMILES string of the molecule is Cc1csc(S[C@H](C)C(=O)NCC(C)C)n1. The van der Waals surface area contributed by atoms with Crippen molar-refractivity contribution in [3.05, 3.63) is 11.1 Å². The third kappa shape index (κ3) is 4.53. The minimum absolute atomic E-state index is 0.0794. The summed E-state index contributed by atoms with van der Waals surface area (Å²) in [5.74, 6) is 0.579. The molecule has 0 radical (unpaired) electrons. The molecular weight excluding hydrogens is 240 g/mol. The molecule has 0 unspecified atom stereocenters. The van der Waals surface area contributed by atoms with Crippen LogP contribution in [0.3, 0.4) is 0 Å². The highest BCUT2D eigenvalue weighted by molar-refractivity contribution is 8.02. The van der Waals surface area contributed by atoms with Crippen molar-refractivity contribution in [2.24, 2.45) is 5.92 Å². The molecule has 1 amide bonds. The van der Waals surface area contributed by atoms with E-state index in [4.69, 9.17) is 0 Å². The molecule has 90 valence electrons. The monoisotopic (exact) mass is 258 g/mol. The third-order valence-corrected chi connectivity index (χ3v) is 4.12. The highest BCUT2D eigenvalue weighted by Gasteiger charge is 2.15. The van der Waals surface area contributed by atoms with Gasteiger partial charge in [-0.05, 0) is 19.8 Å². The zero-order valence-electron chi connectivity index (χ0n) is 10.1. The van der Waals surface area contributed by atoms with Crippen LogP contribution >= 0.6 is 23.1 Å². The lowest BCUT2D eigenvalue weighted by atomic mass is 10.2. The zero-order valence-corrected chi connectivity index (χ0v) is 11.7. The van der Waals surface area contributed by atoms with Crippen LogP contribution in [-0.2, 0) is 4.79 Å². The van der Waals surface area contributed by atoms with Crippen molar-refractivity contribution in [1.29, 1.82) is 0 Å². The van der Waals surface area contributed by atoms with Crippen LogP contribution in [0.2, 0.25) is 0 Å². The first-order valence-electron chi connectivity index (χ1n) is 5.35. The topological polar surface area (TPSA) is 42.0 Å². The summed E-state index contributed by atoms with van der Waals surface area (Å²) in [6, 6.07) is 0. The fraction of sp³-hybridized carbons (Fsp3) is 0.636. The molecule has 16 heavy (non-hydrogen) atoms. The number of carbonyl (C=O) groups is 1. The summed E-state index contributed by atoms with van der Waals surface area (Å²) in [7, 11) is 0. The van der Waals surface area contributed by atoms with Gasteiger partial charge in [-0.3, -0.25) is 4.79 Å². The van der Waals surface area contributed by atoms with Crippen molar-refractivity contribution in [1.82, 2.24) is 10.3 Å². The molecule has 0 spiro atoms. The van der Waals surface area contributed by atoms with Gasteiger partial charge in [0, 0.05) is 17.6 Å².